The molecule has 0 saturated heterocycles. The summed E-state index contributed by atoms with van der Waals surface area (Å²) in [4.78, 5) is 21.3. The number of carboxylic acid groups (broad SMARTS) is 2. The van der Waals surface area contributed by atoms with Crippen molar-refractivity contribution in [2.24, 2.45) is 0 Å². The molecule has 0 spiro atoms. The Labute approximate surface area is 180 Å². The summed E-state index contributed by atoms with van der Waals surface area (Å²) in [5.41, 5.74) is 3.12. The lowest BCUT2D eigenvalue weighted by molar-refractivity contribution is -0.132. The van der Waals surface area contributed by atoms with Gasteiger partial charge >= 0.3 is 11.9 Å². The fraction of sp³-hybridized carbons (Fsp3) is 0.217. The summed E-state index contributed by atoms with van der Waals surface area (Å²) >= 11 is 0. The monoisotopic (exact) mass is 426 g/mol. The summed E-state index contributed by atoms with van der Waals surface area (Å²) in [7, 11) is 3.13. The van der Waals surface area contributed by atoms with E-state index in [9.17, 15) is 9.59 Å². The van der Waals surface area contributed by atoms with Crippen LogP contribution >= 0.6 is 0 Å². The molecule has 31 heavy (non-hydrogen) atoms. The largest absolute Gasteiger partial charge is 0.495 e. The number of benzene rings is 2. The molecule has 0 aliphatic heterocycles. The Hall–Kier alpha value is -3.94. The minimum Gasteiger partial charge on any atom is -0.495 e. The number of carbonyl (C=O) groups is 2. The first-order chi connectivity index (χ1) is 14.9. The predicted octanol–water partition coefficient (Wildman–Crippen LogP) is 3.81. The van der Waals surface area contributed by atoms with Crippen molar-refractivity contribution in [1.82, 2.24) is 0 Å². The number of methoxy groups -OCH3 is 2. The molecule has 8 heteroatoms. The molecule has 0 amide bonds. The zero-order valence-corrected chi connectivity index (χ0v) is 17.4. The molecule has 2 rings (SSSR count). The normalized spacial score (nSPS) is 10.9. The van der Waals surface area contributed by atoms with Gasteiger partial charge in [0.15, 0.2) is 0 Å². The first-order valence-corrected chi connectivity index (χ1v) is 9.58. The smallest absolute Gasteiger partial charge is 0.328 e. The van der Waals surface area contributed by atoms with Crippen LogP contribution in [0.1, 0.15) is 17.5 Å². The number of hydrogen-bond donors (Lipinski definition) is 4. The van der Waals surface area contributed by atoms with Crippen molar-refractivity contribution in [2.45, 2.75) is 6.42 Å². The molecule has 0 heterocycles. The molecular formula is C23H26N2O6. The first kappa shape index (κ1) is 23.3. The summed E-state index contributed by atoms with van der Waals surface area (Å²) in [6, 6.07) is 10.9. The standard InChI is InChI=1S/C23H26N2O6/c1-30-20-14-16(6-10-22(26)27)4-8-18(20)24-12-3-13-25-19-9-5-17(7-11-23(28)29)15-21(19)31-2/h4-11,14-15,24-25H,3,12-13H2,1-2H3,(H,26,27)(H,28,29)/b10-6+,11-7+. The second kappa shape index (κ2) is 11.9. The number of aliphatic carboxylic acids is 2. The minimum atomic E-state index is -1.00. The minimum absolute atomic E-state index is 0.632. The second-order valence-electron chi connectivity index (χ2n) is 6.47. The van der Waals surface area contributed by atoms with Crippen LogP contribution in [0.4, 0.5) is 11.4 Å². The second-order valence-corrected chi connectivity index (χ2v) is 6.47. The molecule has 0 aliphatic carbocycles. The van der Waals surface area contributed by atoms with E-state index < -0.39 is 11.9 Å². The van der Waals surface area contributed by atoms with Crippen molar-refractivity contribution >= 4 is 35.5 Å². The molecule has 164 valence electrons. The van der Waals surface area contributed by atoms with E-state index in [2.05, 4.69) is 10.6 Å². The summed E-state index contributed by atoms with van der Waals surface area (Å²) in [5, 5.41) is 24.1. The average molecular weight is 426 g/mol. The van der Waals surface area contributed by atoms with Gasteiger partial charge in [0.1, 0.15) is 11.5 Å². The Morgan fingerprint density at radius 1 is 0.806 bits per heavy atom. The van der Waals surface area contributed by atoms with Gasteiger partial charge in [-0.1, -0.05) is 12.1 Å². The maximum Gasteiger partial charge on any atom is 0.328 e. The Bertz CT molecular complexity index is 891. The van der Waals surface area contributed by atoms with E-state index in [4.69, 9.17) is 19.7 Å². The quantitative estimate of drug-likeness (QED) is 0.299. The number of anilines is 2. The molecule has 0 saturated carbocycles. The zero-order chi connectivity index (χ0) is 22.6. The van der Waals surface area contributed by atoms with Gasteiger partial charge in [0.05, 0.1) is 25.6 Å². The lowest BCUT2D eigenvalue weighted by atomic mass is 10.1. The van der Waals surface area contributed by atoms with Gasteiger partial charge in [0, 0.05) is 25.2 Å². The Morgan fingerprint density at radius 2 is 1.23 bits per heavy atom. The molecule has 0 aromatic heterocycles. The van der Waals surface area contributed by atoms with Crippen molar-refractivity contribution in [1.29, 1.82) is 0 Å². The highest BCUT2D eigenvalue weighted by molar-refractivity contribution is 5.86. The van der Waals surface area contributed by atoms with Gasteiger partial charge in [-0.2, -0.15) is 0 Å². The van der Waals surface area contributed by atoms with Gasteiger partial charge in [-0.3, -0.25) is 0 Å². The van der Waals surface area contributed by atoms with E-state index in [1.54, 1.807) is 26.4 Å². The van der Waals surface area contributed by atoms with Crippen LogP contribution in [-0.2, 0) is 9.59 Å². The maximum atomic E-state index is 10.6. The Morgan fingerprint density at radius 3 is 1.58 bits per heavy atom. The third-order valence-electron chi connectivity index (χ3n) is 4.27. The summed E-state index contributed by atoms with van der Waals surface area (Å²) in [5.74, 6) is -0.743. The molecule has 0 radical (unpaired) electrons. The third kappa shape index (κ3) is 7.77. The lowest BCUT2D eigenvalue weighted by Gasteiger charge is -2.14. The highest BCUT2D eigenvalue weighted by atomic mass is 16.5. The number of rotatable bonds is 12. The highest BCUT2D eigenvalue weighted by Gasteiger charge is 2.05. The number of nitrogens with one attached hydrogen (secondary N) is 2. The van der Waals surface area contributed by atoms with Gasteiger partial charge in [0.2, 0.25) is 0 Å². The van der Waals surface area contributed by atoms with Gasteiger partial charge in [-0.25, -0.2) is 9.59 Å². The summed E-state index contributed by atoms with van der Waals surface area (Å²) < 4.78 is 10.8. The van der Waals surface area contributed by atoms with E-state index in [1.807, 2.05) is 24.3 Å². The number of carboxylic acids is 2. The SMILES string of the molecule is COc1cc(/C=C/C(=O)O)ccc1NCCCNc1ccc(/C=C/C(=O)O)cc1OC. The molecule has 4 N–H and O–H groups in total. The van der Waals surface area contributed by atoms with Crippen LogP contribution in [0, 0.1) is 0 Å². The van der Waals surface area contributed by atoms with Crippen molar-refractivity contribution in [3.63, 3.8) is 0 Å². The molecule has 8 nitrogen and oxygen atoms in total. The van der Waals surface area contributed by atoms with Crippen LogP contribution in [0.3, 0.4) is 0 Å². The molecule has 0 aliphatic rings. The highest BCUT2D eigenvalue weighted by Crippen LogP contribution is 2.27. The number of ether oxygens (including phenoxy) is 2. The van der Waals surface area contributed by atoms with E-state index in [0.29, 0.717) is 24.6 Å². The predicted molar refractivity (Wildman–Crippen MR) is 121 cm³/mol. The third-order valence-corrected chi connectivity index (χ3v) is 4.27. The molecule has 0 unspecified atom stereocenters. The van der Waals surface area contributed by atoms with E-state index >= 15 is 0 Å². The Balaban J connectivity index is 1.88. The van der Waals surface area contributed by atoms with Gasteiger partial charge in [-0.15, -0.1) is 0 Å². The number of hydrogen-bond acceptors (Lipinski definition) is 6. The molecular weight excluding hydrogens is 400 g/mol. The van der Waals surface area contributed by atoms with Gasteiger partial charge < -0.3 is 30.3 Å². The summed E-state index contributed by atoms with van der Waals surface area (Å²) in [6.07, 6.45) is 5.99. The van der Waals surface area contributed by atoms with Crippen LogP contribution in [0.25, 0.3) is 12.2 Å². The van der Waals surface area contributed by atoms with Crippen LogP contribution < -0.4 is 20.1 Å². The molecule has 0 bridgehead atoms. The first-order valence-electron chi connectivity index (χ1n) is 9.58. The molecule has 0 atom stereocenters. The van der Waals surface area contributed by atoms with E-state index in [1.165, 1.54) is 12.2 Å². The topological polar surface area (TPSA) is 117 Å². The Kier molecular flexibility index (Phi) is 8.97. The van der Waals surface area contributed by atoms with E-state index in [0.717, 1.165) is 41.1 Å². The molecule has 2 aromatic carbocycles. The molecule has 2 aromatic rings. The van der Waals surface area contributed by atoms with Gasteiger partial charge in [0.25, 0.3) is 0 Å². The average Bonchev–Trinajstić information content (AvgIpc) is 2.76. The van der Waals surface area contributed by atoms with Crippen LogP contribution in [0.15, 0.2) is 48.6 Å². The molecule has 0 fully saturated rings. The van der Waals surface area contributed by atoms with Crippen molar-refractivity contribution < 1.29 is 29.3 Å². The maximum absolute atomic E-state index is 10.6. The van der Waals surface area contributed by atoms with E-state index in [-0.39, 0.29) is 0 Å². The fourth-order valence-corrected chi connectivity index (χ4v) is 2.78. The van der Waals surface area contributed by atoms with Crippen LogP contribution in [0.5, 0.6) is 11.5 Å². The van der Waals surface area contributed by atoms with Gasteiger partial charge in [-0.05, 0) is 54.0 Å². The van der Waals surface area contributed by atoms with Crippen LogP contribution in [-0.4, -0.2) is 49.5 Å². The summed E-state index contributed by atoms with van der Waals surface area (Å²) in [6.45, 7) is 1.38. The zero-order valence-electron chi connectivity index (χ0n) is 17.4. The van der Waals surface area contributed by atoms with Crippen molar-refractivity contribution in [3.05, 3.63) is 59.7 Å². The fourth-order valence-electron chi connectivity index (χ4n) is 2.78. The lowest BCUT2D eigenvalue weighted by Crippen LogP contribution is -2.10. The van der Waals surface area contributed by atoms with Crippen molar-refractivity contribution in [2.75, 3.05) is 37.9 Å². The van der Waals surface area contributed by atoms with Crippen LogP contribution in [0.2, 0.25) is 0 Å². The van der Waals surface area contributed by atoms with Crippen molar-refractivity contribution in [3.8, 4) is 11.5 Å².